The second kappa shape index (κ2) is 10.7. The molecule has 0 saturated carbocycles. The first-order chi connectivity index (χ1) is 14.2. The van der Waals surface area contributed by atoms with Crippen molar-refractivity contribution in [2.75, 3.05) is 13.2 Å². The third-order valence-electron chi connectivity index (χ3n) is 5.13. The Balaban J connectivity index is 1.74. The van der Waals surface area contributed by atoms with Crippen LogP contribution in [-0.4, -0.2) is 25.0 Å². The van der Waals surface area contributed by atoms with Crippen LogP contribution in [-0.2, 0) is 15.0 Å². The Morgan fingerprint density at radius 2 is 1.47 bits per heavy atom. The van der Waals surface area contributed by atoms with Gasteiger partial charge in [-0.25, -0.2) is 0 Å². The molecule has 2 N–H and O–H groups in total. The molecule has 30 heavy (non-hydrogen) atoms. The Morgan fingerprint density at radius 1 is 0.900 bits per heavy atom. The van der Waals surface area contributed by atoms with E-state index in [4.69, 9.17) is 9.47 Å². The number of ether oxygens (including phenoxy) is 2. The fourth-order valence-electron chi connectivity index (χ4n) is 2.80. The molecule has 0 radical (unpaired) electrons. The maximum atomic E-state index is 11.9. The molecule has 0 heterocycles. The van der Waals surface area contributed by atoms with Crippen LogP contribution in [0.2, 0.25) is 0 Å². The van der Waals surface area contributed by atoms with Gasteiger partial charge in [0.25, 0.3) is 11.8 Å². The molecule has 0 fully saturated rings. The lowest BCUT2D eigenvalue weighted by atomic mass is 9.82. The number of rotatable bonds is 9. The van der Waals surface area contributed by atoms with E-state index in [2.05, 4.69) is 45.5 Å². The van der Waals surface area contributed by atoms with E-state index in [1.165, 1.54) is 5.56 Å². The molecule has 0 aliphatic heterocycles. The summed E-state index contributed by atoms with van der Waals surface area (Å²) in [4.78, 5) is 23.9. The van der Waals surface area contributed by atoms with Gasteiger partial charge in [0.15, 0.2) is 13.2 Å². The van der Waals surface area contributed by atoms with Gasteiger partial charge in [-0.3, -0.25) is 20.4 Å². The molecule has 0 aliphatic rings. The van der Waals surface area contributed by atoms with Gasteiger partial charge in [-0.2, -0.15) is 0 Å². The van der Waals surface area contributed by atoms with Crippen LogP contribution in [0.5, 0.6) is 11.5 Å². The van der Waals surface area contributed by atoms with E-state index in [1.54, 1.807) is 0 Å². The largest absolute Gasteiger partial charge is 0.484 e. The van der Waals surface area contributed by atoms with E-state index in [0.29, 0.717) is 11.5 Å². The van der Waals surface area contributed by atoms with E-state index in [-0.39, 0.29) is 24.5 Å². The molecule has 0 spiro atoms. The van der Waals surface area contributed by atoms with Crippen molar-refractivity contribution in [3.63, 3.8) is 0 Å². The second-order valence-corrected chi connectivity index (χ2v) is 8.13. The molecule has 6 heteroatoms. The van der Waals surface area contributed by atoms with Gasteiger partial charge in [-0.1, -0.05) is 65.0 Å². The first kappa shape index (κ1) is 23.3. The molecule has 162 valence electrons. The molecule has 2 rings (SSSR count). The number of para-hydroxylation sites is 1. The van der Waals surface area contributed by atoms with Crippen molar-refractivity contribution in [3.05, 3.63) is 59.7 Å². The highest BCUT2D eigenvalue weighted by molar-refractivity contribution is 5.83. The van der Waals surface area contributed by atoms with Crippen molar-refractivity contribution in [1.82, 2.24) is 10.9 Å². The standard InChI is InChI=1S/C24H32N2O4/c1-6-24(4,5)18-11-13-19(14-12-18)29-15-22(27)25-26-23(28)16-30-21-10-8-7-9-20(21)17(2)3/h7-14,17H,6,15-16H2,1-5H3,(H,25,27)(H,26,28). The summed E-state index contributed by atoms with van der Waals surface area (Å²) in [7, 11) is 0. The van der Waals surface area contributed by atoms with E-state index < -0.39 is 11.8 Å². The van der Waals surface area contributed by atoms with Crippen molar-refractivity contribution >= 4 is 11.8 Å². The predicted molar refractivity (Wildman–Crippen MR) is 118 cm³/mol. The van der Waals surface area contributed by atoms with Crippen LogP contribution in [0.15, 0.2) is 48.5 Å². The highest BCUT2D eigenvalue weighted by Gasteiger charge is 2.17. The van der Waals surface area contributed by atoms with Gasteiger partial charge in [0.05, 0.1) is 0 Å². The Hall–Kier alpha value is -3.02. The predicted octanol–water partition coefficient (Wildman–Crippen LogP) is 4.10. The summed E-state index contributed by atoms with van der Waals surface area (Å²) in [6.45, 7) is 10.2. The van der Waals surface area contributed by atoms with Crippen LogP contribution in [0.1, 0.15) is 58.1 Å². The summed E-state index contributed by atoms with van der Waals surface area (Å²) in [5.74, 6) is 0.632. The number of hydrogen-bond acceptors (Lipinski definition) is 4. The Labute approximate surface area is 178 Å². The molecule has 0 aliphatic carbocycles. The average Bonchev–Trinajstić information content (AvgIpc) is 2.75. The molecule has 2 aromatic carbocycles. The number of amides is 2. The lowest BCUT2D eigenvalue weighted by Crippen LogP contribution is -2.45. The van der Waals surface area contributed by atoms with E-state index in [1.807, 2.05) is 48.5 Å². The van der Waals surface area contributed by atoms with Gasteiger partial charge in [0, 0.05) is 0 Å². The van der Waals surface area contributed by atoms with Gasteiger partial charge in [-0.15, -0.1) is 0 Å². The highest BCUT2D eigenvalue weighted by atomic mass is 16.5. The number of benzene rings is 2. The fraction of sp³-hybridized carbons (Fsp3) is 0.417. The van der Waals surface area contributed by atoms with Crippen molar-refractivity contribution < 1.29 is 19.1 Å². The SMILES string of the molecule is CCC(C)(C)c1ccc(OCC(=O)NNC(=O)COc2ccccc2C(C)C)cc1. The quantitative estimate of drug-likeness (QED) is 0.608. The monoisotopic (exact) mass is 412 g/mol. The number of hydrogen-bond donors (Lipinski definition) is 2. The topological polar surface area (TPSA) is 76.7 Å². The molecule has 6 nitrogen and oxygen atoms in total. The Morgan fingerprint density at radius 3 is 2.03 bits per heavy atom. The lowest BCUT2D eigenvalue weighted by Gasteiger charge is -2.23. The van der Waals surface area contributed by atoms with Gasteiger partial charge >= 0.3 is 0 Å². The second-order valence-electron chi connectivity index (χ2n) is 8.13. The normalized spacial score (nSPS) is 11.1. The summed E-state index contributed by atoms with van der Waals surface area (Å²) in [5, 5.41) is 0. The Kier molecular flexibility index (Phi) is 8.27. The van der Waals surface area contributed by atoms with E-state index in [0.717, 1.165) is 12.0 Å². The van der Waals surface area contributed by atoms with Gasteiger partial charge in [0.1, 0.15) is 11.5 Å². The van der Waals surface area contributed by atoms with Crippen LogP contribution in [0.3, 0.4) is 0 Å². The summed E-state index contributed by atoms with van der Waals surface area (Å²) < 4.78 is 11.1. The third kappa shape index (κ3) is 6.79. The molecular formula is C24H32N2O4. The number of carbonyl (C=O) groups excluding carboxylic acids is 2. The molecular weight excluding hydrogens is 380 g/mol. The van der Waals surface area contributed by atoms with Crippen LogP contribution < -0.4 is 20.3 Å². The first-order valence-electron chi connectivity index (χ1n) is 10.3. The molecule has 2 amide bonds. The zero-order valence-corrected chi connectivity index (χ0v) is 18.5. The minimum Gasteiger partial charge on any atom is -0.484 e. The van der Waals surface area contributed by atoms with Gasteiger partial charge in [-0.05, 0) is 47.1 Å². The van der Waals surface area contributed by atoms with Crippen LogP contribution >= 0.6 is 0 Å². The molecule has 0 bridgehead atoms. The summed E-state index contributed by atoms with van der Waals surface area (Å²) in [5.41, 5.74) is 6.99. The summed E-state index contributed by atoms with van der Waals surface area (Å²) in [6.07, 6.45) is 1.03. The van der Waals surface area contributed by atoms with E-state index >= 15 is 0 Å². The molecule has 0 aromatic heterocycles. The van der Waals surface area contributed by atoms with Crippen LogP contribution in [0, 0.1) is 0 Å². The maximum absolute atomic E-state index is 11.9. The van der Waals surface area contributed by atoms with Crippen molar-refractivity contribution in [2.24, 2.45) is 0 Å². The maximum Gasteiger partial charge on any atom is 0.276 e. The number of nitrogens with one attached hydrogen (secondary N) is 2. The Bertz CT molecular complexity index is 845. The van der Waals surface area contributed by atoms with Crippen molar-refractivity contribution in [2.45, 2.75) is 52.4 Å². The van der Waals surface area contributed by atoms with E-state index in [9.17, 15) is 9.59 Å². The zero-order chi connectivity index (χ0) is 22.1. The number of carbonyl (C=O) groups is 2. The third-order valence-corrected chi connectivity index (χ3v) is 5.13. The average molecular weight is 413 g/mol. The van der Waals surface area contributed by atoms with Crippen LogP contribution in [0.4, 0.5) is 0 Å². The first-order valence-corrected chi connectivity index (χ1v) is 10.3. The number of hydrazine groups is 1. The minimum atomic E-state index is -0.455. The smallest absolute Gasteiger partial charge is 0.276 e. The van der Waals surface area contributed by atoms with Gasteiger partial charge in [0.2, 0.25) is 0 Å². The fourth-order valence-corrected chi connectivity index (χ4v) is 2.80. The lowest BCUT2D eigenvalue weighted by molar-refractivity contribution is -0.131. The molecule has 0 unspecified atom stereocenters. The van der Waals surface area contributed by atoms with Crippen molar-refractivity contribution in [1.29, 1.82) is 0 Å². The molecule has 0 saturated heterocycles. The molecule has 0 atom stereocenters. The summed E-state index contributed by atoms with van der Waals surface area (Å²) >= 11 is 0. The van der Waals surface area contributed by atoms with Crippen molar-refractivity contribution in [3.8, 4) is 11.5 Å². The van der Waals surface area contributed by atoms with Crippen LogP contribution in [0.25, 0.3) is 0 Å². The van der Waals surface area contributed by atoms with Gasteiger partial charge < -0.3 is 9.47 Å². The minimum absolute atomic E-state index is 0.0952. The molecule has 2 aromatic rings. The highest BCUT2D eigenvalue weighted by Crippen LogP contribution is 2.28. The zero-order valence-electron chi connectivity index (χ0n) is 18.5. The summed E-state index contributed by atoms with van der Waals surface area (Å²) in [6, 6.07) is 15.3.